The number of aromatic nitrogens is 2. The molecule has 0 radical (unpaired) electrons. The molecular formula is C20H24N4O2. The van der Waals surface area contributed by atoms with Crippen LogP contribution in [0.2, 0.25) is 0 Å². The van der Waals surface area contributed by atoms with E-state index >= 15 is 0 Å². The van der Waals surface area contributed by atoms with Crippen LogP contribution in [0.15, 0.2) is 48.5 Å². The average molecular weight is 352 g/mol. The van der Waals surface area contributed by atoms with Crippen molar-refractivity contribution in [2.75, 3.05) is 23.8 Å². The number of nitrogens with zero attached hydrogens (tertiary/aromatic N) is 2. The minimum absolute atomic E-state index is 0.00258. The molecule has 2 aromatic carbocycles. The Labute approximate surface area is 152 Å². The van der Waals surface area contributed by atoms with Gasteiger partial charge >= 0.3 is 0 Å². The van der Waals surface area contributed by atoms with Gasteiger partial charge in [-0.15, -0.1) is 0 Å². The lowest BCUT2D eigenvalue weighted by molar-refractivity contribution is -0.116. The van der Waals surface area contributed by atoms with Crippen molar-refractivity contribution in [2.45, 2.75) is 26.3 Å². The van der Waals surface area contributed by atoms with Crippen LogP contribution in [0.1, 0.15) is 25.3 Å². The Hall–Kier alpha value is -2.86. The summed E-state index contributed by atoms with van der Waals surface area (Å²) in [7, 11) is 0. The van der Waals surface area contributed by atoms with Crippen molar-refractivity contribution in [3.05, 3.63) is 54.1 Å². The number of carbonyl (C=O) groups is 1. The van der Waals surface area contributed by atoms with Crippen LogP contribution in [0.4, 0.5) is 11.6 Å². The van der Waals surface area contributed by atoms with E-state index < -0.39 is 0 Å². The van der Waals surface area contributed by atoms with Crippen LogP contribution >= 0.6 is 0 Å². The molecule has 0 aliphatic heterocycles. The molecule has 6 nitrogen and oxygen atoms in total. The number of benzene rings is 2. The summed E-state index contributed by atoms with van der Waals surface area (Å²) in [6.45, 7) is 4.76. The molecule has 3 aromatic rings. The molecule has 3 rings (SSSR count). The largest absolute Gasteiger partial charge is 0.395 e. The number of aliphatic hydroxyl groups is 1. The summed E-state index contributed by atoms with van der Waals surface area (Å²) in [6, 6.07) is 15.6. The van der Waals surface area contributed by atoms with E-state index in [2.05, 4.69) is 35.5 Å². The van der Waals surface area contributed by atoms with Crippen LogP contribution in [0.3, 0.4) is 0 Å². The van der Waals surface area contributed by atoms with Crippen LogP contribution in [0, 0.1) is 0 Å². The van der Waals surface area contributed by atoms with Gasteiger partial charge in [0, 0.05) is 12.2 Å². The van der Waals surface area contributed by atoms with Gasteiger partial charge in [-0.25, -0.2) is 4.98 Å². The normalized spacial score (nSPS) is 11.1. The number of imidazole rings is 1. The number of nitrogens with one attached hydrogen (secondary N) is 2. The molecule has 0 saturated heterocycles. The van der Waals surface area contributed by atoms with E-state index in [9.17, 15) is 4.79 Å². The highest BCUT2D eigenvalue weighted by molar-refractivity contribution is 5.92. The van der Waals surface area contributed by atoms with Gasteiger partial charge in [-0.2, -0.15) is 0 Å². The first-order chi connectivity index (χ1) is 12.6. The van der Waals surface area contributed by atoms with Gasteiger partial charge in [0.05, 0.1) is 17.6 Å². The van der Waals surface area contributed by atoms with Crippen LogP contribution in [0.5, 0.6) is 0 Å². The summed E-state index contributed by atoms with van der Waals surface area (Å²) < 4.78 is 1.83. The highest BCUT2D eigenvalue weighted by Gasteiger charge is 2.13. The third-order valence-electron chi connectivity index (χ3n) is 4.19. The minimum Gasteiger partial charge on any atom is -0.395 e. The Balaban J connectivity index is 1.81. The van der Waals surface area contributed by atoms with Gasteiger partial charge in [0.15, 0.2) is 0 Å². The molecule has 6 heteroatoms. The minimum atomic E-state index is -0.124. The van der Waals surface area contributed by atoms with E-state index in [1.165, 1.54) is 5.56 Å². The summed E-state index contributed by atoms with van der Waals surface area (Å²) in [6.07, 6.45) is 0. The summed E-state index contributed by atoms with van der Waals surface area (Å²) >= 11 is 0. The van der Waals surface area contributed by atoms with Crippen LogP contribution in [0.25, 0.3) is 11.0 Å². The second-order valence-corrected chi connectivity index (χ2v) is 6.49. The SMILES string of the molecule is CC(C)c1cccc(NC(=O)Cn2c(NCCO)nc3ccccc32)c1. The molecule has 0 aliphatic carbocycles. The Morgan fingerprint density at radius 2 is 2.00 bits per heavy atom. The molecule has 1 aromatic heterocycles. The smallest absolute Gasteiger partial charge is 0.244 e. The van der Waals surface area contributed by atoms with Gasteiger partial charge in [0.2, 0.25) is 11.9 Å². The molecule has 26 heavy (non-hydrogen) atoms. The molecular weight excluding hydrogens is 328 g/mol. The first-order valence-electron chi connectivity index (χ1n) is 8.78. The molecule has 0 aliphatic rings. The topological polar surface area (TPSA) is 79.2 Å². The fraction of sp³-hybridized carbons (Fsp3) is 0.300. The van der Waals surface area contributed by atoms with Gasteiger partial charge in [-0.1, -0.05) is 38.1 Å². The van der Waals surface area contributed by atoms with Gasteiger partial charge in [0.1, 0.15) is 6.54 Å². The summed E-state index contributed by atoms with van der Waals surface area (Å²) in [5.74, 6) is 0.853. The molecule has 1 amide bonds. The van der Waals surface area contributed by atoms with E-state index in [1.807, 2.05) is 47.0 Å². The van der Waals surface area contributed by atoms with Crippen molar-refractivity contribution in [1.29, 1.82) is 0 Å². The van der Waals surface area contributed by atoms with Crippen molar-refractivity contribution in [3.63, 3.8) is 0 Å². The summed E-state index contributed by atoms with van der Waals surface area (Å²) in [4.78, 5) is 17.1. The maximum Gasteiger partial charge on any atom is 0.244 e. The molecule has 1 heterocycles. The van der Waals surface area contributed by atoms with E-state index in [0.717, 1.165) is 16.7 Å². The fourth-order valence-electron chi connectivity index (χ4n) is 2.86. The maximum atomic E-state index is 12.6. The first-order valence-corrected chi connectivity index (χ1v) is 8.78. The first kappa shape index (κ1) is 17.9. The number of hydrogen-bond acceptors (Lipinski definition) is 4. The molecule has 0 saturated carbocycles. The molecule has 136 valence electrons. The monoisotopic (exact) mass is 352 g/mol. The number of hydrogen-bond donors (Lipinski definition) is 3. The zero-order chi connectivity index (χ0) is 18.5. The van der Waals surface area contributed by atoms with E-state index in [-0.39, 0.29) is 19.1 Å². The van der Waals surface area contributed by atoms with Gasteiger partial charge in [-0.05, 0) is 35.7 Å². The lowest BCUT2D eigenvalue weighted by Crippen LogP contribution is -2.21. The third kappa shape index (κ3) is 4.03. The van der Waals surface area contributed by atoms with Crippen molar-refractivity contribution >= 4 is 28.6 Å². The number of fused-ring (bicyclic) bond motifs is 1. The zero-order valence-electron chi connectivity index (χ0n) is 15.1. The molecule has 0 fully saturated rings. The van der Waals surface area contributed by atoms with Crippen LogP contribution in [-0.4, -0.2) is 33.7 Å². The maximum absolute atomic E-state index is 12.6. The van der Waals surface area contributed by atoms with Crippen molar-refractivity contribution in [3.8, 4) is 0 Å². The number of para-hydroxylation sites is 2. The third-order valence-corrected chi connectivity index (χ3v) is 4.19. The molecule has 0 unspecified atom stereocenters. The van der Waals surface area contributed by atoms with Crippen LogP contribution in [-0.2, 0) is 11.3 Å². The second-order valence-electron chi connectivity index (χ2n) is 6.49. The van der Waals surface area contributed by atoms with E-state index in [0.29, 0.717) is 18.4 Å². The Bertz CT molecular complexity index is 902. The number of carbonyl (C=O) groups excluding carboxylic acids is 1. The molecule has 3 N–H and O–H groups in total. The number of anilines is 2. The Morgan fingerprint density at radius 1 is 1.19 bits per heavy atom. The zero-order valence-corrected chi connectivity index (χ0v) is 15.1. The predicted octanol–water partition coefficient (Wildman–Crippen LogP) is 3.20. The highest BCUT2D eigenvalue weighted by atomic mass is 16.3. The van der Waals surface area contributed by atoms with Crippen molar-refractivity contribution in [2.24, 2.45) is 0 Å². The Morgan fingerprint density at radius 3 is 2.77 bits per heavy atom. The lowest BCUT2D eigenvalue weighted by Gasteiger charge is -2.12. The highest BCUT2D eigenvalue weighted by Crippen LogP contribution is 2.21. The summed E-state index contributed by atoms with van der Waals surface area (Å²) in [5.41, 5.74) is 3.65. The second kappa shape index (κ2) is 8.01. The molecule has 0 bridgehead atoms. The van der Waals surface area contributed by atoms with Gasteiger partial charge in [-0.3, -0.25) is 4.79 Å². The number of rotatable bonds is 7. The summed E-state index contributed by atoms with van der Waals surface area (Å²) in [5, 5.41) is 15.1. The number of aliphatic hydroxyl groups excluding tert-OH is 1. The molecule has 0 atom stereocenters. The van der Waals surface area contributed by atoms with Crippen molar-refractivity contribution in [1.82, 2.24) is 9.55 Å². The van der Waals surface area contributed by atoms with E-state index in [1.54, 1.807) is 0 Å². The number of amides is 1. The lowest BCUT2D eigenvalue weighted by atomic mass is 10.0. The van der Waals surface area contributed by atoms with Crippen molar-refractivity contribution < 1.29 is 9.90 Å². The quantitative estimate of drug-likeness (QED) is 0.610. The van der Waals surface area contributed by atoms with Crippen LogP contribution < -0.4 is 10.6 Å². The Kier molecular flexibility index (Phi) is 5.53. The fourth-order valence-corrected chi connectivity index (χ4v) is 2.86. The van der Waals surface area contributed by atoms with E-state index in [4.69, 9.17) is 5.11 Å². The van der Waals surface area contributed by atoms with Gasteiger partial charge in [0.25, 0.3) is 0 Å². The molecule has 0 spiro atoms. The standard InChI is InChI=1S/C20H24N4O2/c1-14(2)15-6-5-7-16(12-15)22-19(26)13-24-18-9-4-3-8-17(18)23-20(24)21-10-11-25/h3-9,12,14,25H,10-11,13H2,1-2H3,(H,21,23)(H,22,26). The predicted molar refractivity (Wildman–Crippen MR) is 104 cm³/mol. The van der Waals surface area contributed by atoms with Gasteiger partial charge < -0.3 is 20.3 Å². The average Bonchev–Trinajstić information content (AvgIpc) is 2.97.